The van der Waals surface area contributed by atoms with Crippen molar-refractivity contribution in [3.8, 4) is 12.8 Å². The van der Waals surface area contributed by atoms with Crippen LogP contribution in [0.2, 0.25) is 0 Å². The zero-order valence-corrected chi connectivity index (χ0v) is 21.2. The van der Waals surface area contributed by atoms with Crippen LogP contribution in [-0.2, 0) is 0 Å². The summed E-state index contributed by atoms with van der Waals surface area (Å²) in [6.45, 7) is 15.1. The average molecular weight is 432 g/mol. The van der Waals surface area contributed by atoms with Crippen LogP contribution in [0.15, 0.2) is 60.4 Å². The summed E-state index contributed by atoms with van der Waals surface area (Å²) in [5, 5.41) is 3.78. The van der Waals surface area contributed by atoms with Gasteiger partial charge in [-0.1, -0.05) is 87.4 Å². The SMILES string of the molecule is C#C.C=Cc1ccc(C(C)CC(=CCC)NC(C)C/C=C\C(=C/C)CCC2CC2)cc1C. The number of aryl methyl sites for hydroxylation is 1. The van der Waals surface area contributed by atoms with Crippen molar-refractivity contribution >= 4 is 6.08 Å². The molecule has 0 aromatic heterocycles. The fourth-order valence-corrected chi connectivity index (χ4v) is 4.03. The first-order valence-electron chi connectivity index (χ1n) is 12.3. The standard InChI is InChI=1S/C29H43N.C2H2/c1-7-11-29(21-23(5)28-19-18-27(9-3)22(4)20-28)30-24(6)12-10-13-25(8-2)14-15-26-16-17-26;1-2/h8-11,13,18-20,23-24,26,30H,3,7,12,14-17,21H2,1-2,4-6H3;1-2H/b13-10-,25-8+,29-11?;. The number of rotatable bonds is 13. The van der Waals surface area contributed by atoms with Gasteiger partial charge in [0.15, 0.2) is 0 Å². The summed E-state index contributed by atoms with van der Waals surface area (Å²) < 4.78 is 0. The van der Waals surface area contributed by atoms with Crippen LogP contribution in [-0.4, -0.2) is 6.04 Å². The van der Waals surface area contributed by atoms with Crippen LogP contribution in [0.5, 0.6) is 0 Å². The molecular formula is C31H45N. The molecule has 2 atom stereocenters. The van der Waals surface area contributed by atoms with Crippen molar-refractivity contribution in [2.45, 2.75) is 91.5 Å². The van der Waals surface area contributed by atoms with Crippen LogP contribution in [0.4, 0.5) is 0 Å². The Balaban J connectivity index is 0.00000249. The fraction of sp³-hybridized carbons (Fsp3) is 0.484. The maximum absolute atomic E-state index is 4.00. The van der Waals surface area contributed by atoms with Gasteiger partial charge >= 0.3 is 0 Å². The molecule has 32 heavy (non-hydrogen) atoms. The molecular weight excluding hydrogens is 386 g/mol. The summed E-state index contributed by atoms with van der Waals surface area (Å²) in [6, 6.07) is 7.21. The Bertz CT molecular complexity index is 801. The van der Waals surface area contributed by atoms with Gasteiger partial charge < -0.3 is 5.32 Å². The molecule has 1 N–H and O–H groups in total. The lowest BCUT2D eigenvalue weighted by atomic mass is 9.92. The van der Waals surface area contributed by atoms with Gasteiger partial charge in [0.1, 0.15) is 0 Å². The summed E-state index contributed by atoms with van der Waals surface area (Å²) in [7, 11) is 0. The summed E-state index contributed by atoms with van der Waals surface area (Å²) >= 11 is 0. The summed E-state index contributed by atoms with van der Waals surface area (Å²) in [5.41, 5.74) is 6.80. The maximum atomic E-state index is 4.00. The quantitative estimate of drug-likeness (QED) is 0.243. The minimum atomic E-state index is 0.442. The first-order chi connectivity index (χ1) is 15.5. The third kappa shape index (κ3) is 10.2. The van der Waals surface area contributed by atoms with Crippen LogP contribution in [0, 0.1) is 25.7 Å². The Kier molecular flexibility index (Phi) is 13.2. The molecule has 1 saturated carbocycles. The van der Waals surface area contributed by atoms with Gasteiger partial charge in [-0.25, -0.2) is 0 Å². The normalized spacial score (nSPS) is 16.2. The first kappa shape index (κ1) is 27.6. The summed E-state index contributed by atoms with van der Waals surface area (Å²) in [4.78, 5) is 0. The van der Waals surface area contributed by atoms with E-state index < -0.39 is 0 Å². The minimum absolute atomic E-state index is 0.442. The smallest absolute Gasteiger partial charge is 0.0264 e. The first-order valence-corrected chi connectivity index (χ1v) is 12.3. The van der Waals surface area contributed by atoms with Gasteiger partial charge in [0.05, 0.1) is 0 Å². The van der Waals surface area contributed by atoms with Gasteiger partial charge in [-0.2, -0.15) is 0 Å². The predicted molar refractivity (Wildman–Crippen MR) is 145 cm³/mol. The third-order valence-electron chi connectivity index (χ3n) is 6.22. The summed E-state index contributed by atoms with van der Waals surface area (Å²) in [5.74, 6) is 1.50. The van der Waals surface area contributed by atoms with E-state index in [-0.39, 0.29) is 0 Å². The van der Waals surface area contributed by atoms with Gasteiger partial charge in [0.25, 0.3) is 0 Å². The van der Waals surface area contributed by atoms with Crippen LogP contribution < -0.4 is 5.32 Å². The number of hydrogen-bond acceptors (Lipinski definition) is 1. The van der Waals surface area contributed by atoms with E-state index in [2.05, 4.69) is 102 Å². The topological polar surface area (TPSA) is 12.0 Å². The van der Waals surface area contributed by atoms with Gasteiger partial charge in [-0.05, 0) is 81.4 Å². The zero-order valence-electron chi connectivity index (χ0n) is 21.2. The van der Waals surface area contributed by atoms with E-state index in [1.807, 2.05) is 6.08 Å². The Morgan fingerprint density at radius 3 is 2.53 bits per heavy atom. The van der Waals surface area contributed by atoms with Crippen LogP contribution in [0.25, 0.3) is 6.08 Å². The lowest BCUT2D eigenvalue weighted by Gasteiger charge is -2.21. The average Bonchev–Trinajstić information content (AvgIpc) is 3.62. The molecule has 1 aromatic rings. The number of hydrogen-bond donors (Lipinski definition) is 1. The third-order valence-corrected chi connectivity index (χ3v) is 6.22. The molecule has 1 fully saturated rings. The molecule has 0 spiro atoms. The molecule has 174 valence electrons. The molecule has 2 unspecified atom stereocenters. The number of benzene rings is 1. The summed E-state index contributed by atoms with van der Waals surface area (Å²) in [6.07, 6.45) is 27.9. The highest BCUT2D eigenvalue weighted by molar-refractivity contribution is 5.52. The van der Waals surface area contributed by atoms with E-state index in [0.29, 0.717) is 12.0 Å². The molecule has 1 aliphatic rings. The van der Waals surface area contributed by atoms with Crippen molar-refractivity contribution in [3.63, 3.8) is 0 Å². The fourth-order valence-electron chi connectivity index (χ4n) is 4.03. The van der Waals surface area contributed by atoms with E-state index in [9.17, 15) is 0 Å². The number of nitrogens with one attached hydrogen (secondary N) is 1. The molecule has 0 amide bonds. The van der Waals surface area contributed by atoms with E-state index in [4.69, 9.17) is 0 Å². The van der Waals surface area contributed by atoms with Gasteiger partial charge in [-0.3, -0.25) is 0 Å². The predicted octanol–water partition coefficient (Wildman–Crippen LogP) is 8.74. The van der Waals surface area contributed by atoms with Gasteiger partial charge in [0, 0.05) is 11.7 Å². The second-order valence-electron chi connectivity index (χ2n) is 9.09. The number of terminal acetylenes is 1. The molecule has 1 aliphatic carbocycles. The molecule has 1 aromatic carbocycles. The Morgan fingerprint density at radius 2 is 1.97 bits per heavy atom. The molecule has 0 heterocycles. The molecule has 1 heteroatoms. The van der Waals surface area contributed by atoms with Crippen molar-refractivity contribution < 1.29 is 0 Å². The molecule has 1 nitrogen and oxygen atoms in total. The van der Waals surface area contributed by atoms with Crippen molar-refractivity contribution in [2.24, 2.45) is 5.92 Å². The van der Waals surface area contributed by atoms with Crippen LogP contribution in [0.1, 0.15) is 95.2 Å². The molecule has 2 rings (SSSR count). The van der Waals surface area contributed by atoms with E-state index >= 15 is 0 Å². The minimum Gasteiger partial charge on any atom is -0.386 e. The van der Waals surface area contributed by atoms with Crippen LogP contribution in [0.3, 0.4) is 0 Å². The Labute approximate surface area is 198 Å². The molecule has 0 bridgehead atoms. The monoisotopic (exact) mass is 431 g/mol. The lowest BCUT2D eigenvalue weighted by Crippen LogP contribution is -2.25. The maximum Gasteiger partial charge on any atom is 0.0264 e. The van der Waals surface area contributed by atoms with Crippen molar-refractivity contribution in [1.29, 1.82) is 0 Å². The van der Waals surface area contributed by atoms with Crippen LogP contribution >= 0.6 is 0 Å². The lowest BCUT2D eigenvalue weighted by molar-refractivity contribution is 0.579. The molecule has 0 aliphatic heterocycles. The van der Waals surface area contributed by atoms with Crippen molar-refractivity contribution in [2.75, 3.05) is 0 Å². The second-order valence-corrected chi connectivity index (χ2v) is 9.09. The Hall–Kier alpha value is -2.46. The molecule has 0 saturated heterocycles. The Morgan fingerprint density at radius 1 is 1.25 bits per heavy atom. The second kappa shape index (κ2) is 15.4. The molecule has 0 radical (unpaired) electrons. The van der Waals surface area contributed by atoms with E-state index in [1.54, 1.807) is 0 Å². The van der Waals surface area contributed by atoms with Crippen molar-refractivity contribution in [3.05, 3.63) is 77.0 Å². The zero-order chi connectivity index (χ0) is 23.9. The highest BCUT2D eigenvalue weighted by Crippen LogP contribution is 2.34. The van der Waals surface area contributed by atoms with Gasteiger partial charge in [0.2, 0.25) is 0 Å². The van der Waals surface area contributed by atoms with Crippen molar-refractivity contribution in [1.82, 2.24) is 5.32 Å². The largest absolute Gasteiger partial charge is 0.386 e. The number of allylic oxidation sites excluding steroid dienone is 5. The van der Waals surface area contributed by atoms with E-state index in [0.717, 1.165) is 25.2 Å². The highest BCUT2D eigenvalue weighted by Gasteiger charge is 2.20. The highest BCUT2D eigenvalue weighted by atomic mass is 14.9. The van der Waals surface area contributed by atoms with Gasteiger partial charge in [-0.15, -0.1) is 12.8 Å². The van der Waals surface area contributed by atoms with E-state index in [1.165, 1.54) is 53.6 Å².